The van der Waals surface area contributed by atoms with E-state index in [2.05, 4.69) is 16.5 Å². The van der Waals surface area contributed by atoms with Crippen molar-refractivity contribution in [2.24, 2.45) is 5.73 Å². The van der Waals surface area contributed by atoms with Crippen molar-refractivity contribution in [1.29, 1.82) is 0 Å². The third-order valence-electron chi connectivity index (χ3n) is 5.74. The van der Waals surface area contributed by atoms with Crippen LogP contribution in [0.25, 0.3) is 27.7 Å². The molecular weight excluding hydrogens is 511 g/mol. The minimum Gasteiger partial charge on any atom is -0.399 e. The largest absolute Gasteiger partial charge is 0.399 e. The average molecular weight is 537 g/mol. The summed E-state index contributed by atoms with van der Waals surface area (Å²) in [5.41, 5.74) is 13.4. The van der Waals surface area contributed by atoms with E-state index in [9.17, 15) is 22.4 Å². The molecule has 38 heavy (non-hydrogen) atoms. The molecule has 0 aliphatic heterocycles. The molecule has 0 spiro atoms. The fourth-order valence-electron chi connectivity index (χ4n) is 4.21. The molecule has 0 radical (unpaired) electrons. The first-order valence-corrected chi connectivity index (χ1v) is 13.2. The number of carbonyl (C=O) groups is 1. The van der Waals surface area contributed by atoms with Crippen LogP contribution >= 0.6 is 0 Å². The van der Waals surface area contributed by atoms with Gasteiger partial charge in [0.25, 0.3) is 11.5 Å². The van der Waals surface area contributed by atoms with Crippen LogP contribution in [0, 0.1) is 12.7 Å². The quantitative estimate of drug-likeness (QED) is 0.208. The lowest BCUT2D eigenvalue weighted by atomic mass is 10.0. The first-order valence-electron chi connectivity index (χ1n) is 11.3. The van der Waals surface area contributed by atoms with E-state index in [1.54, 1.807) is 36.4 Å². The fraction of sp³-hybridized carbons (Fsp3) is 0.115. The minimum absolute atomic E-state index is 0.0248. The van der Waals surface area contributed by atoms with Gasteiger partial charge in [0.1, 0.15) is 11.5 Å². The number of amides is 1. The van der Waals surface area contributed by atoms with Crippen molar-refractivity contribution in [2.75, 3.05) is 12.0 Å². The number of nitrogen functional groups attached to an aromatic ring is 1. The Kier molecular flexibility index (Phi) is 6.92. The van der Waals surface area contributed by atoms with Gasteiger partial charge in [0.15, 0.2) is 0 Å². The highest BCUT2D eigenvalue weighted by molar-refractivity contribution is 7.89. The maximum absolute atomic E-state index is 14.8. The van der Waals surface area contributed by atoms with E-state index in [0.717, 1.165) is 6.26 Å². The standard InChI is InChI=1S/C26H25FN6O4S/c1-14(28)11-16(17-7-4-5-9-20(17)29)13-33-21-12-19(27)15(2)31-23(21)22(18-8-6-10-30-25(18)34)24(33)26(35)32-38(3,36)37/h4-12H,1,13,28-29H2,2-3H3,(H,30,34)(H,32,35)/b16-11-. The molecule has 1 amide bonds. The maximum atomic E-state index is 14.8. The summed E-state index contributed by atoms with van der Waals surface area (Å²) in [6, 6.07) is 11.1. The third kappa shape index (κ3) is 5.20. The summed E-state index contributed by atoms with van der Waals surface area (Å²) < 4.78 is 42.3. The van der Waals surface area contributed by atoms with Crippen LogP contribution in [-0.4, -0.2) is 35.1 Å². The summed E-state index contributed by atoms with van der Waals surface area (Å²) in [5, 5.41) is 0. The van der Waals surface area contributed by atoms with Crippen molar-refractivity contribution in [3.05, 3.63) is 100 Å². The minimum atomic E-state index is -4.02. The monoisotopic (exact) mass is 536 g/mol. The van der Waals surface area contributed by atoms with Gasteiger partial charge in [0, 0.05) is 41.3 Å². The van der Waals surface area contributed by atoms with E-state index in [4.69, 9.17) is 11.5 Å². The predicted octanol–water partition coefficient (Wildman–Crippen LogP) is 2.67. The molecule has 196 valence electrons. The van der Waals surface area contributed by atoms with Crippen LogP contribution in [0.5, 0.6) is 0 Å². The zero-order chi connectivity index (χ0) is 27.8. The molecule has 0 aliphatic carbocycles. The Morgan fingerprint density at radius 1 is 1.26 bits per heavy atom. The second kappa shape index (κ2) is 9.98. The predicted molar refractivity (Wildman–Crippen MR) is 145 cm³/mol. The number of hydrogen-bond acceptors (Lipinski definition) is 7. The second-order valence-electron chi connectivity index (χ2n) is 8.68. The molecule has 0 bridgehead atoms. The fourth-order valence-corrected chi connectivity index (χ4v) is 4.64. The SMILES string of the molecule is C=C(N)/C=C(/Cn1c(C(=O)NS(C)(=O)=O)c(-c2ccc[nH]c2=O)c2nc(C)c(F)cc21)c1ccccc1N. The number of hydrogen-bond donors (Lipinski definition) is 4. The molecule has 0 atom stereocenters. The zero-order valence-electron chi connectivity index (χ0n) is 20.6. The van der Waals surface area contributed by atoms with Crippen molar-refractivity contribution >= 4 is 38.2 Å². The average Bonchev–Trinajstić information content (AvgIpc) is 3.11. The summed E-state index contributed by atoms with van der Waals surface area (Å²) in [6.45, 7) is 5.04. The normalized spacial score (nSPS) is 12.0. The molecule has 4 rings (SSSR count). The van der Waals surface area contributed by atoms with Crippen LogP contribution in [0.2, 0.25) is 0 Å². The summed E-state index contributed by atoms with van der Waals surface area (Å²) >= 11 is 0. The number of aromatic amines is 1. The van der Waals surface area contributed by atoms with Crippen molar-refractivity contribution in [3.8, 4) is 11.1 Å². The van der Waals surface area contributed by atoms with E-state index in [1.807, 2.05) is 4.72 Å². The third-order valence-corrected chi connectivity index (χ3v) is 6.30. The van der Waals surface area contributed by atoms with Crippen molar-refractivity contribution in [2.45, 2.75) is 13.5 Å². The molecule has 1 aromatic carbocycles. The molecule has 12 heteroatoms. The molecule has 0 aliphatic rings. The Morgan fingerprint density at radius 2 is 1.97 bits per heavy atom. The summed E-state index contributed by atoms with van der Waals surface area (Å²) in [6.07, 6.45) is 3.78. The molecule has 0 unspecified atom stereocenters. The van der Waals surface area contributed by atoms with Gasteiger partial charge < -0.3 is 21.0 Å². The lowest BCUT2D eigenvalue weighted by Gasteiger charge is -2.16. The molecule has 10 nitrogen and oxygen atoms in total. The summed E-state index contributed by atoms with van der Waals surface area (Å²) in [7, 11) is -4.02. The Labute approximate surface area is 217 Å². The lowest BCUT2D eigenvalue weighted by molar-refractivity contribution is 0.0974. The van der Waals surface area contributed by atoms with Crippen molar-refractivity contribution < 1.29 is 17.6 Å². The van der Waals surface area contributed by atoms with E-state index < -0.39 is 27.3 Å². The highest BCUT2D eigenvalue weighted by atomic mass is 32.2. The number of nitrogens with two attached hydrogens (primary N) is 2. The van der Waals surface area contributed by atoms with Crippen LogP contribution < -0.4 is 21.7 Å². The highest BCUT2D eigenvalue weighted by Gasteiger charge is 2.29. The number of fused-ring (bicyclic) bond motifs is 1. The number of pyridine rings is 2. The summed E-state index contributed by atoms with van der Waals surface area (Å²) in [4.78, 5) is 33.2. The topological polar surface area (TPSA) is 166 Å². The van der Waals surface area contributed by atoms with Gasteiger partial charge in [-0.25, -0.2) is 22.5 Å². The molecular formula is C26H25FN6O4S. The molecule has 3 aromatic heterocycles. The number of aromatic nitrogens is 3. The highest BCUT2D eigenvalue weighted by Crippen LogP contribution is 2.35. The number of benzene rings is 1. The smallest absolute Gasteiger partial charge is 0.282 e. The van der Waals surface area contributed by atoms with E-state index in [-0.39, 0.29) is 45.8 Å². The molecule has 6 N–H and O–H groups in total. The number of H-pyrrole nitrogens is 1. The van der Waals surface area contributed by atoms with Crippen molar-refractivity contribution in [3.63, 3.8) is 0 Å². The number of para-hydroxylation sites is 1. The van der Waals surface area contributed by atoms with E-state index in [1.165, 1.54) is 29.8 Å². The van der Waals surface area contributed by atoms with Crippen LogP contribution in [0.15, 0.2) is 71.8 Å². The number of nitrogens with one attached hydrogen (secondary N) is 2. The Hall–Kier alpha value is -4.71. The number of allylic oxidation sites excluding steroid dienone is 2. The Balaban J connectivity index is 2.14. The molecule has 4 aromatic rings. The van der Waals surface area contributed by atoms with Crippen molar-refractivity contribution in [1.82, 2.24) is 19.3 Å². The van der Waals surface area contributed by atoms with Crippen LogP contribution in [0.1, 0.15) is 21.7 Å². The van der Waals surface area contributed by atoms with Crippen LogP contribution in [-0.2, 0) is 16.6 Å². The number of aryl methyl sites for hydroxylation is 1. The van der Waals surface area contributed by atoms with Gasteiger partial charge in [-0.2, -0.15) is 0 Å². The molecule has 0 saturated heterocycles. The summed E-state index contributed by atoms with van der Waals surface area (Å²) in [5.74, 6) is -1.69. The first-order chi connectivity index (χ1) is 17.9. The van der Waals surface area contributed by atoms with Gasteiger partial charge in [-0.3, -0.25) is 9.59 Å². The number of sulfonamides is 1. The number of rotatable bonds is 7. The van der Waals surface area contributed by atoms with Gasteiger partial charge in [-0.1, -0.05) is 24.8 Å². The first kappa shape index (κ1) is 26.4. The van der Waals surface area contributed by atoms with E-state index >= 15 is 0 Å². The Morgan fingerprint density at radius 3 is 2.61 bits per heavy atom. The van der Waals surface area contributed by atoms with Gasteiger partial charge in [0.05, 0.1) is 28.5 Å². The van der Waals surface area contributed by atoms with Crippen LogP contribution in [0.4, 0.5) is 10.1 Å². The number of anilines is 1. The molecule has 0 fully saturated rings. The second-order valence-corrected chi connectivity index (χ2v) is 10.4. The number of halogens is 1. The van der Waals surface area contributed by atoms with Gasteiger partial charge in [-0.15, -0.1) is 0 Å². The molecule has 0 saturated carbocycles. The van der Waals surface area contributed by atoms with Gasteiger partial charge in [-0.05, 0) is 36.8 Å². The zero-order valence-corrected chi connectivity index (χ0v) is 21.4. The lowest BCUT2D eigenvalue weighted by Crippen LogP contribution is -2.32. The maximum Gasteiger partial charge on any atom is 0.282 e. The van der Waals surface area contributed by atoms with Gasteiger partial charge >= 0.3 is 0 Å². The van der Waals surface area contributed by atoms with Crippen LogP contribution in [0.3, 0.4) is 0 Å². The molecule has 3 heterocycles. The number of nitrogens with zero attached hydrogens (tertiary/aromatic N) is 2. The van der Waals surface area contributed by atoms with E-state index in [0.29, 0.717) is 16.8 Å². The Bertz CT molecular complexity index is 1800. The number of carbonyl (C=O) groups excluding carboxylic acids is 1. The van der Waals surface area contributed by atoms with Gasteiger partial charge in [0.2, 0.25) is 10.0 Å².